The van der Waals surface area contributed by atoms with Crippen LogP contribution in [0, 0.1) is 10.1 Å². The molecule has 0 unspecified atom stereocenters. The SMILES string of the molecule is CCCOc1cc(NCCC(=O)NCC)ccc1[N+](=O)[O-]. The Morgan fingerprint density at radius 3 is 2.76 bits per heavy atom. The zero-order chi connectivity index (χ0) is 15.7. The van der Waals surface area contributed by atoms with Gasteiger partial charge >= 0.3 is 5.69 Å². The average molecular weight is 295 g/mol. The second-order valence-corrected chi connectivity index (χ2v) is 4.42. The van der Waals surface area contributed by atoms with Crippen LogP contribution in [0.15, 0.2) is 18.2 Å². The van der Waals surface area contributed by atoms with E-state index in [0.717, 1.165) is 6.42 Å². The molecule has 0 bridgehead atoms. The number of nitro benzene ring substituents is 1. The fourth-order valence-corrected chi connectivity index (χ4v) is 1.71. The Kier molecular flexibility index (Phi) is 7.00. The van der Waals surface area contributed by atoms with Crippen LogP contribution in [0.1, 0.15) is 26.7 Å². The second kappa shape index (κ2) is 8.78. The van der Waals surface area contributed by atoms with Crippen molar-refractivity contribution in [1.29, 1.82) is 0 Å². The minimum atomic E-state index is -0.469. The van der Waals surface area contributed by atoms with Gasteiger partial charge in [-0.1, -0.05) is 6.92 Å². The molecule has 0 aliphatic rings. The van der Waals surface area contributed by atoms with Gasteiger partial charge in [-0.3, -0.25) is 14.9 Å². The molecule has 1 rings (SSSR count). The minimum Gasteiger partial charge on any atom is -0.487 e. The van der Waals surface area contributed by atoms with Gasteiger partial charge in [0, 0.05) is 37.3 Å². The van der Waals surface area contributed by atoms with E-state index in [4.69, 9.17) is 4.74 Å². The average Bonchev–Trinajstić information content (AvgIpc) is 2.45. The molecule has 0 atom stereocenters. The Balaban J connectivity index is 2.66. The van der Waals surface area contributed by atoms with Crippen molar-refractivity contribution in [3.63, 3.8) is 0 Å². The maximum Gasteiger partial charge on any atom is 0.311 e. The zero-order valence-electron chi connectivity index (χ0n) is 12.3. The fourth-order valence-electron chi connectivity index (χ4n) is 1.71. The number of ether oxygens (including phenoxy) is 1. The van der Waals surface area contributed by atoms with Gasteiger partial charge in [0.15, 0.2) is 5.75 Å². The van der Waals surface area contributed by atoms with Crippen LogP contribution < -0.4 is 15.4 Å². The number of nitrogens with zero attached hydrogens (tertiary/aromatic N) is 1. The summed E-state index contributed by atoms with van der Waals surface area (Å²) >= 11 is 0. The van der Waals surface area contributed by atoms with Crippen molar-refractivity contribution in [1.82, 2.24) is 5.32 Å². The highest BCUT2D eigenvalue weighted by atomic mass is 16.6. The van der Waals surface area contributed by atoms with Crippen LogP contribution in [0.3, 0.4) is 0 Å². The quantitative estimate of drug-likeness (QED) is 0.538. The maximum atomic E-state index is 11.3. The highest BCUT2D eigenvalue weighted by Gasteiger charge is 2.15. The highest BCUT2D eigenvalue weighted by Crippen LogP contribution is 2.30. The number of hydrogen-bond donors (Lipinski definition) is 2. The number of carbonyl (C=O) groups excluding carboxylic acids is 1. The van der Waals surface area contributed by atoms with Crippen molar-refractivity contribution in [2.45, 2.75) is 26.7 Å². The summed E-state index contributed by atoms with van der Waals surface area (Å²) in [5.41, 5.74) is 0.633. The molecular formula is C14H21N3O4. The number of nitro groups is 1. The van der Waals surface area contributed by atoms with E-state index in [1.54, 1.807) is 12.1 Å². The lowest BCUT2D eigenvalue weighted by Crippen LogP contribution is -2.24. The summed E-state index contributed by atoms with van der Waals surface area (Å²) in [6.07, 6.45) is 1.11. The molecule has 2 N–H and O–H groups in total. The van der Waals surface area contributed by atoms with Gasteiger partial charge in [0.25, 0.3) is 0 Å². The molecule has 0 aliphatic carbocycles. The van der Waals surface area contributed by atoms with Crippen LogP contribution in [0.4, 0.5) is 11.4 Å². The summed E-state index contributed by atoms with van der Waals surface area (Å²) in [5, 5.41) is 16.7. The van der Waals surface area contributed by atoms with Crippen molar-refractivity contribution in [3.8, 4) is 5.75 Å². The molecule has 0 saturated heterocycles. The predicted molar refractivity (Wildman–Crippen MR) is 80.7 cm³/mol. The maximum absolute atomic E-state index is 11.3. The van der Waals surface area contributed by atoms with Gasteiger partial charge in [-0.2, -0.15) is 0 Å². The van der Waals surface area contributed by atoms with Gasteiger partial charge in [-0.25, -0.2) is 0 Å². The van der Waals surface area contributed by atoms with Crippen molar-refractivity contribution in [2.75, 3.05) is 25.0 Å². The normalized spacial score (nSPS) is 10.0. The molecular weight excluding hydrogens is 274 g/mol. The van der Waals surface area contributed by atoms with Crippen LogP contribution in [-0.2, 0) is 4.79 Å². The lowest BCUT2D eigenvalue weighted by atomic mass is 10.2. The monoisotopic (exact) mass is 295 g/mol. The summed E-state index contributed by atoms with van der Waals surface area (Å²) < 4.78 is 5.39. The highest BCUT2D eigenvalue weighted by molar-refractivity contribution is 5.76. The molecule has 0 radical (unpaired) electrons. The summed E-state index contributed by atoms with van der Waals surface area (Å²) in [6.45, 7) is 5.27. The third kappa shape index (κ3) is 5.68. The molecule has 1 amide bonds. The molecule has 0 heterocycles. The standard InChI is InChI=1S/C14H21N3O4/c1-3-9-21-13-10-11(5-6-12(13)17(19)20)16-8-7-14(18)15-4-2/h5-6,10,16H,3-4,7-9H2,1-2H3,(H,15,18). The van der Waals surface area contributed by atoms with Crippen LogP contribution >= 0.6 is 0 Å². The van der Waals surface area contributed by atoms with E-state index in [-0.39, 0.29) is 17.3 Å². The van der Waals surface area contributed by atoms with Crippen molar-refractivity contribution in [2.24, 2.45) is 0 Å². The molecule has 0 spiro atoms. The van der Waals surface area contributed by atoms with E-state index in [2.05, 4.69) is 10.6 Å². The second-order valence-electron chi connectivity index (χ2n) is 4.42. The Morgan fingerprint density at radius 2 is 2.14 bits per heavy atom. The van der Waals surface area contributed by atoms with Gasteiger partial charge < -0.3 is 15.4 Å². The lowest BCUT2D eigenvalue weighted by molar-refractivity contribution is -0.385. The lowest BCUT2D eigenvalue weighted by Gasteiger charge is -2.10. The Hall–Kier alpha value is -2.31. The summed E-state index contributed by atoms with van der Waals surface area (Å²) in [4.78, 5) is 21.8. The molecule has 7 nitrogen and oxygen atoms in total. The Morgan fingerprint density at radius 1 is 1.38 bits per heavy atom. The summed E-state index contributed by atoms with van der Waals surface area (Å²) in [6, 6.07) is 4.60. The number of benzene rings is 1. The Bertz CT molecular complexity index is 491. The molecule has 1 aromatic carbocycles. The predicted octanol–water partition coefficient (Wildman–Crippen LogP) is 2.32. The largest absolute Gasteiger partial charge is 0.487 e. The smallest absolute Gasteiger partial charge is 0.311 e. The first kappa shape index (κ1) is 16.7. The number of nitrogens with one attached hydrogen (secondary N) is 2. The van der Waals surface area contributed by atoms with Crippen LogP contribution in [0.5, 0.6) is 5.75 Å². The van der Waals surface area contributed by atoms with E-state index >= 15 is 0 Å². The third-order valence-electron chi connectivity index (χ3n) is 2.67. The van der Waals surface area contributed by atoms with Gasteiger partial charge in [-0.15, -0.1) is 0 Å². The van der Waals surface area contributed by atoms with E-state index in [1.165, 1.54) is 6.07 Å². The number of carbonyl (C=O) groups is 1. The van der Waals surface area contributed by atoms with Gasteiger partial charge in [0.05, 0.1) is 11.5 Å². The molecule has 0 saturated carbocycles. The van der Waals surface area contributed by atoms with Crippen LogP contribution in [-0.4, -0.2) is 30.5 Å². The van der Waals surface area contributed by atoms with Gasteiger partial charge in [0.2, 0.25) is 5.91 Å². The number of amides is 1. The molecule has 1 aromatic rings. The number of rotatable bonds is 9. The van der Waals surface area contributed by atoms with Crippen molar-refractivity contribution in [3.05, 3.63) is 28.3 Å². The van der Waals surface area contributed by atoms with Crippen molar-refractivity contribution < 1.29 is 14.5 Å². The van der Waals surface area contributed by atoms with E-state index in [9.17, 15) is 14.9 Å². The first-order valence-corrected chi connectivity index (χ1v) is 7.00. The third-order valence-corrected chi connectivity index (χ3v) is 2.67. The summed E-state index contributed by atoms with van der Waals surface area (Å²) in [5.74, 6) is 0.208. The van der Waals surface area contributed by atoms with E-state index in [0.29, 0.717) is 31.8 Å². The Labute approximate surface area is 123 Å². The molecule has 21 heavy (non-hydrogen) atoms. The van der Waals surface area contributed by atoms with Crippen molar-refractivity contribution >= 4 is 17.3 Å². The fraction of sp³-hybridized carbons (Fsp3) is 0.500. The number of anilines is 1. The zero-order valence-corrected chi connectivity index (χ0v) is 12.3. The summed E-state index contributed by atoms with van der Waals surface area (Å²) in [7, 11) is 0. The van der Waals surface area contributed by atoms with Crippen LogP contribution in [0.2, 0.25) is 0 Å². The molecule has 7 heteroatoms. The van der Waals surface area contributed by atoms with E-state index < -0.39 is 4.92 Å². The molecule has 116 valence electrons. The minimum absolute atomic E-state index is 0.0330. The first-order valence-electron chi connectivity index (χ1n) is 7.00. The molecule has 0 aromatic heterocycles. The topological polar surface area (TPSA) is 93.5 Å². The van der Waals surface area contributed by atoms with Crippen LogP contribution in [0.25, 0.3) is 0 Å². The molecule has 0 aliphatic heterocycles. The van der Waals surface area contributed by atoms with E-state index in [1.807, 2.05) is 13.8 Å². The molecule has 0 fully saturated rings. The first-order chi connectivity index (χ1) is 10.1. The van der Waals surface area contributed by atoms with Gasteiger partial charge in [0.1, 0.15) is 0 Å². The van der Waals surface area contributed by atoms with Gasteiger partial charge in [-0.05, 0) is 19.4 Å². The number of hydrogen-bond acceptors (Lipinski definition) is 5.